The number of aryl methyl sites for hydroxylation is 2. The number of hydrogen-bond donors (Lipinski definition) is 5. The third kappa shape index (κ3) is 14.5. The van der Waals surface area contributed by atoms with E-state index in [1.54, 1.807) is 36.4 Å². The van der Waals surface area contributed by atoms with Gasteiger partial charge in [0.05, 0.1) is 25.7 Å². The average molecular weight is 702 g/mol. The maximum Gasteiger partial charge on any atom is 0.305 e. The number of hydrogen-bond acceptors (Lipinski definition) is 10. The molecule has 2 aromatic rings. The van der Waals surface area contributed by atoms with Crippen LogP contribution in [0.3, 0.4) is 0 Å². The van der Waals surface area contributed by atoms with Crippen LogP contribution in [0.25, 0.3) is 0 Å². The first kappa shape index (κ1) is 41.0. The van der Waals surface area contributed by atoms with E-state index in [4.69, 9.17) is 11.5 Å². The van der Waals surface area contributed by atoms with Crippen molar-refractivity contribution in [2.75, 3.05) is 32.2 Å². The van der Waals surface area contributed by atoms with Crippen LogP contribution in [-0.4, -0.2) is 94.1 Å². The molecular formula is C35H51N5O8S. The molecule has 0 bridgehead atoms. The van der Waals surface area contributed by atoms with Gasteiger partial charge in [-0.05, 0) is 73.9 Å². The number of carbonyl (C=O) groups is 5. The molecule has 4 atom stereocenters. The number of nitrogens with two attached hydrogens (primary N) is 2. The number of nitrogens with one attached hydrogen (secondary N) is 2. The van der Waals surface area contributed by atoms with Gasteiger partial charge in [-0.1, -0.05) is 43.2 Å². The lowest BCUT2D eigenvalue weighted by Gasteiger charge is -2.31. The second-order valence-electron chi connectivity index (χ2n) is 12.1. The summed E-state index contributed by atoms with van der Waals surface area (Å²) in [5.41, 5.74) is 15.3. The Bertz CT molecular complexity index is 1430. The summed E-state index contributed by atoms with van der Waals surface area (Å²) in [6.07, 6.45) is 4.52. The first-order chi connectivity index (χ1) is 23.2. The Balaban J connectivity index is 2.26. The molecule has 7 N–H and O–H groups in total. The Morgan fingerprint density at radius 3 is 2.14 bits per heavy atom. The van der Waals surface area contributed by atoms with E-state index < -0.39 is 59.1 Å². The highest BCUT2D eigenvalue weighted by Gasteiger charge is 2.32. The minimum Gasteiger partial charge on any atom is -0.508 e. The van der Waals surface area contributed by atoms with Gasteiger partial charge in [-0.3, -0.25) is 33.5 Å². The van der Waals surface area contributed by atoms with Crippen molar-refractivity contribution in [1.82, 2.24) is 15.5 Å². The number of imide groups is 1. The fourth-order valence-corrected chi connectivity index (χ4v) is 5.95. The number of esters is 1. The number of methoxy groups -OCH3 is 1. The summed E-state index contributed by atoms with van der Waals surface area (Å²) in [5, 5.41) is 14.8. The summed E-state index contributed by atoms with van der Waals surface area (Å²) in [7, 11) is 0.150. The molecule has 0 heterocycles. The topological polar surface area (TPSA) is 211 Å². The van der Waals surface area contributed by atoms with Gasteiger partial charge >= 0.3 is 5.97 Å². The highest BCUT2D eigenvalue weighted by atomic mass is 32.2. The fraction of sp³-hybridized carbons (Fsp3) is 0.514. The molecule has 0 spiro atoms. The van der Waals surface area contributed by atoms with Gasteiger partial charge in [0.1, 0.15) is 11.8 Å². The van der Waals surface area contributed by atoms with E-state index >= 15 is 0 Å². The Kier molecular flexibility index (Phi) is 17.6. The molecular weight excluding hydrogens is 650 g/mol. The number of amides is 4. The van der Waals surface area contributed by atoms with Gasteiger partial charge in [-0.2, -0.15) is 0 Å². The van der Waals surface area contributed by atoms with Crippen LogP contribution >= 0.6 is 0 Å². The predicted molar refractivity (Wildman–Crippen MR) is 188 cm³/mol. The molecule has 2 unspecified atom stereocenters. The van der Waals surface area contributed by atoms with Crippen molar-refractivity contribution in [3.8, 4) is 5.75 Å². The molecule has 0 radical (unpaired) electrons. The van der Waals surface area contributed by atoms with Gasteiger partial charge in [-0.15, -0.1) is 0 Å². The number of nitrogens with zero attached hydrogens (tertiary/aromatic N) is 1. The zero-order valence-corrected chi connectivity index (χ0v) is 29.7. The van der Waals surface area contributed by atoms with E-state index in [0.717, 1.165) is 22.3 Å². The number of aromatic hydroxyl groups is 1. The van der Waals surface area contributed by atoms with Gasteiger partial charge in [0.15, 0.2) is 0 Å². The third-order valence-electron chi connectivity index (χ3n) is 8.18. The molecule has 0 aliphatic heterocycles. The van der Waals surface area contributed by atoms with Crippen LogP contribution in [0.4, 0.5) is 0 Å². The average Bonchev–Trinajstić information content (AvgIpc) is 3.06. The van der Waals surface area contributed by atoms with Crippen molar-refractivity contribution >= 4 is 40.4 Å². The van der Waals surface area contributed by atoms with E-state index in [0.29, 0.717) is 25.7 Å². The number of benzene rings is 2. The Morgan fingerprint density at radius 2 is 1.53 bits per heavy atom. The number of ether oxygens (including phenoxy) is 1. The SMILES string of the molecule is COC(=O)CCCCCCN(C(=O)CNC(=O)[C@H](N)Cc1c(C)cc(O)cc1C)[C@@H](Cc1ccccc1)C(=O)NC(=O)C(N)CCS(C)=O. The minimum absolute atomic E-state index is 0.0785. The van der Waals surface area contributed by atoms with E-state index in [2.05, 4.69) is 15.4 Å². The molecule has 4 amide bonds. The van der Waals surface area contributed by atoms with E-state index in [1.165, 1.54) is 18.3 Å². The zero-order chi connectivity index (χ0) is 36.5. The largest absolute Gasteiger partial charge is 0.508 e. The molecule has 2 rings (SSSR count). The molecule has 13 nitrogen and oxygen atoms in total. The van der Waals surface area contributed by atoms with Crippen molar-refractivity contribution in [3.05, 3.63) is 64.7 Å². The molecule has 49 heavy (non-hydrogen) atoms. The van der Waals surface area contributed by atoms with Gasteiger partial charge in [0, 0.05) is 42.2 Å². The predicted octanol–water partition coefficient (Wildman–Crippen LogP) is 1.30. The third-order valence-corrected chi connectivity index (χ3v) is 8.99. The van der Waals surface area contributed by atoms with Crippen LogP contribution in [0.5, 0.6) is 5.75 Å². The minimum atomic E-state index is -1.18. The number of carbonyl (C=O) groups excluding carboxylic acids is 5. The van der Waals surface area contributed by atoms with Crippen LogP contribution in [0.2, 0.25) is 0 Å². The van der Waals surface area contributed by atoms with Gasteiger partial charge < -0.3 is 31.5 Å². The summed E-state index contributed by atoms with van der Waals surface area (Å²) in [4.78, 5) is 66.3. The van der Waals surface area contributed by atoms with Crippen molar-refractivity contribution in [1.29, 1.82) is 0 Å². The Labute approximate surface area is 291 Å². The summed E-state index contributed by atoms with van der Waals surface area (Å²) < 4.78 is 16.2. The molecule has 0 aliphatic carbocycles. The van der Waals surface area contributed by atoms with Crippen molar-refractivity contribution in [2.24, 2.45) is 11.5 Å². The molecule has 0 aromatic heterocycles. The summed E-state index contributed by atoms with van der Waals surface area (Å²) in [6, 6.07) is 8.98. The van der Waals surface area contributed by atoms with Gasteiger partial charge in [0.25, 0.3) is 0 Å². The molecule has 2 aromatic carbocycles. The van der Waals surface area contributed by atoms with Crippen LogP contribution in [0, 0.1) is 13.8 Å². The van der Waals surface area contributed by atoms with Crippen LogP contribution < -0.4 is 22.1 Å². The fourth-order valence-electron chi connectivity index (χ4n) is 5.37. The lowest BCUT2D eigenvalue weighted by molar-refractivity contribution is -0.143. The highest BCUT2D eigenvalue weighted by Crippen LogP contribution is 2.22. The van der Waals surface area contributed by atoms with Crippen LogP contribution in [0.1, 0.15) is 60.8 Å². The smallest absolute Gasteiger partial charge is 0.305 e. The number of phenols is 1. The molecule has 0 saturated heterocycles. The zero-order valence-electron chi connectivity index (χ0n) is 28.9. The molecule has 14 heteroatoms. The van der Waals surface area contributed by atoms with Crippen molar-refractivity contribution < 1.29 is 38.0 Å². The highest BCUT2D eigenvalue weighted by molar-refractivity contribution is 7.84. The Hall–Kier alpha value is -4.14. The van der Waals surface area contributed by atoms with Gasteiger partial charge in [0.2, 0.25) is 23.6 Å². The molecule has 270 valence electrons. The second kappa shape index (κ2) is 21.1. The molecule has 0 aliphatic rings. The normalized spacial score (nSPS) is 13.4. The lowest BCUT2D eigenvalue weighted by atomic mass is 9.96. The van der Waals surface area contributed by atoms with E-state index in [9.17, 15) is 33.3 Å². The first-order valence-corrected chi connectivity index (χ1v) is 18.1. The maximum absolute atomic E-state index is 13.8. The van der Waals surface area contributed by atoms with Crippen LogP contribution in [-0.2, 0) is 52.4 Å². The van der Waals surface area contributed by atoms with Crippen molar-refractivity contribution in [2.45, 2.75) is 83.3 Å². The van der Waals surface area contributed by atoms with Crippen LogP contribution in [0.15, 0.2) is 42.5 Å². The first-order valence-electron chi connectivity index (χ1n) is 16.4. The molecule has 0 saturated carbocycles. The number of phenolic OH excluding ortho intramolecular Hbond substituents is 1. The summed E-state index contributed by atoms with van der Waals surface area (Å²) >= 11 is 0. The quantitative estimate of drug-likeness (QED) is 0.0987. The van der Waals surface area contributed by atoms with E-state index in [1.807, 2.05) is 19.9 Å². The maximum atomic E-state index is 13.8. The summed E-state index contributed by atoms with van der Waals surface area (Å²) in [5.74, 6) is -2.62. The second-order valence-corrected chi connectivity index (χ2v) is 13.7. The standard InChI is InChI=1S/C35H51N5O8S/c1-23-18-26(41)19-24(2)27(23)21-29(37)33(44)38-22-31(42)40(16-11-6-5-10-14-32(43)48-3)30(20-25-12-8-7-9-13-25)35(46)39-34(45)28(36)15-17-49(4)47/h7-9,12-13,18-19,28-30,41H,5-6,10-11,14-17,20-22,36-37H2,1-4H3,(H,38,44)(H,39,45,46)/t28?,29-,30+,49?/m1/s1. The number of rotatable bonds is 20. The molecule has 0 fully saturated rings. The Morgan fingerprint density at radius 1 is 0.898 bits per heavy atom. The van der Waals surface area contributed by atoms with E-state index in [-0.39, 0.29) is 49.7 Å². The van der Waals surface area contributed by atoms with Gasteiger partial charge in [-0.25, -0.2) is 0 Å². The number of unbranched alkanes of at least 4 members (excludes halogenated alkanes) is 3. The monoisotopic (exact) mass is 701 g/mol. The van der Waals surface area contributed by atoms with Crippen molar-refractivity contribution in [3.63, 3.8) is 0 Å². The summed E-state index contributed by atoms with van der Waals surface area (Å²) in [6.45, 7) is 3.30. The lowest BCUT2D eigenvalue weighted by Crippen LogP contribution is -2.56.